The molecule has 2 N–H and O–H groups in total. The van der Waals surface area contributed by atoms with E-state index in [4.69, 9.17) is 0 Å². The minimum absolute atomic E-state index is 0.127. The van der Waals surface area contributed by atoms with Crippen molar-refractivity contribution in [3.63, 3.8) is 0 Å². The minimum Gasteiger partial charge on any atom is -0.379 e. The van der Waals surface area contributed by atoms with Crippen LogP contribution in [0.5, 0.6) is 0 Å². The monoisotopic (exact) mass is 516 g/mol. The standard InChI is InChI=1S/C26H28F4N6O/c1-16(26(28,29)30)24-19-7-4-8-22(34-23-9-11-35(2)15-21(23)27)20(19)12-18(33-24)6-5-10-31-25(37)17-13-32-36(3)14-17/h4-8,12-14,21,23,34H,1,9-11,15H2,2-3H3,(H,31,37)/b6-5+. The number of piperidine rings is 1. The molecule has 1 amide bonds. The van der Waals surface area contributed by atoms with Gasteiger partial charge in [-0.25, -0.2) is 9.37 Å². The van der Waals surface area contributed by atoms with Gasteiger partial charge in [-0.1, -0.05) is 24.8 Å². The van der Waals surface area contributed by atoms with Crippen molar-refractivity contribution in [3.8, 4) is 0 Å². The van der Waals surface area contributed by atoms with E-state index in [1.54, 1.807) is 43.6 Å². The van der Waals surface area contributed by atoms with Gasteiger partial charge in [-0.2, -0.15) is 18.3 Å². The van der Waals surface area contributed by atoms with Gasteiger partial charge in [0.2, 0.25) is 0 Å². The first-order valence-electron chi connectivity index (χ1n) is 11.8. The van der Waals surface area contributed by atoms with Crippen molar-refractivity contribution in [2.45, 2.75) is 24.8 Å². The van der Waals surface area contributed by atoms with Crippen LogP contribution < -0.4 is 10.6 Å². The van der Waals surface area contributed by atoms with Gasteiger partial charge < -0.3 is 15.5 Å². The smallest absolute Gasteiger partial charge is 0.379 e. The predicted octanol–water partition coefficient (Wildman–Crippen LogP) is 4.44. The van der Waals surface area contributed by atoms with Gasteiger partial charge in [0, 0.05) is 49.3 Å². The quantitative estimate of drug-likeness (QED) is 0.454. The van der Waals surface area contributed by atoms with Gasteiger partial charge in [0.1, 0.15) is 6.17 Å². The highest BCUT2D eigenvalue weighted by atomic mass is 19.4. The van der Waals surface area contributed by atoms with Crippen LogP contribution in [0.3, 0.4) is 0 Å². The zero-order valence-corrected chi connectivity index (χ0v) is 20.5. The topological polar surface area (TPSA) is 75.1 Å². The lowest BCUT2D eigenvalue weighted by molar-refractivity contribution is -0.0688. The molecule has 0 spiro atoms. The molecule has 7 nitrogen and oxygen atoms in total. The van der Waals surface area contributed by atoms with Crippen LogP contribution in [0.15, 0.2) is 49.3 Å². The van der Waals surface area contributed by atoms with Gasteiger partial charge in [-0.3, -0.25) is 9.48 Å². The third kappa shape index (κ3) is 6.16. The number of fused-ring (bicyclic) bond motifs is 1. The van der Waals surface area contributed by atoms with Gasteiger partial charge in [0.15, 0.2) is 0 Å². The molecular formula is C26H28F4N6O. The number of nitrogens with zero attached hydrogens (tertiary/aromatic N) is 4. The molecule has 1 fully saturated rings. The number of alkyl halides is 4. The molecule has 2 atom stereocenters. The summed E-state index contributed by atoms with van der Waals surface area (Å²) in [4.78, 5) is 18.3. The normalized spacial score (nSPS) is 18.9. The number of aromatic nitrogens is 3. The first-order valence-corrected chi connectivity index (χ1v) is 11.8. The van der Waals surface area contributed by atoms with Crippen molar-refractivity contribution < 1.29 is 22.4 Å². The first kappa shape index (κ1) is 26.3. The summed E-state index contributed by atoms with van der Waals surface area (Å²) in [6.45, 7) is 4.36. The van der Waals surface area contributed by atoms with Crippen LogP contribution in [0.1, 0.15) is 28.2 Å². The van der Waals surface area contributed by atoms with Crippen LogP contribution in [-0.4, -0.2) is 70.6 Å². The van der Waals surface area contributed by atoms with Crippen LogP contribution in [-0.2, 0) is 7.05 Å². The fourth-order valence-corrected chi connectivity index (χ4v) is 4.26. The Labute approximate surface area is 211 Å². The van der Waals surface area contributed by atoms with E-state index in [1.807, 2.05) is 11.9 Å². The maximum absolute atomic E-state index is 14.7. The first-order chi connectivity index (χ1) is 17.5. The molecule has 37 heavy (non-hydrogen) atoms. The molecule has 3 heterocycles. The molecular weight excluding hydrogens is 488 g/mol. The van der Waals surface area contributed by atoms with Crippen molar-refractivity contribution in [2.24, 2.45) is 7.05 Å². The molecule has 1 aliphatic heterocycles. The van der Waals surface area contributed by atoms with E-state index in [9.17, 15) is 22.4 Å². The molecule has 4 rings (SSSR count). The van der Waals surface area contributed by atoms with Gasteiger partial charge >= 0.3 is 6.18 Å². The second kappa shape index (κ2) is 10.7. The largest absolute Gasteiger partial charge is 0.417 e. The van der Waals surface area contributed by atoms with Gasteiger partial charge in [0.05, 0.1) is 34.8 Å². The van der Waals surface area contributed by atoms with Crippen LogP contribution in [0.2, 0.25) is 0 Å². The summed E-state index contributed by atoms with van der Waals surface area (Å²) in [6.07, 6.45) is 0.877. The molecule has 1 aromatic carbocycles. The lowest BCUT2D eigenvalue weighted by atomic mass is 9.99. The Balaban J connectivity index is 1.63. The van der Waals surface area contributed by atoms with Gasteiger partial charge in [-0.05, 0) is 31.7 Å². The third-order valence-electron chi connectivity index (χ3n) is 6.24. The minimum atomic E-state index is -4.68. The zero-order chi connectivity index (χ0) is 26.7. The molecule has 0 aliphatic carbocycles. The molecule has 196 valence electrons. The number of carbonyl (C=O) groups excluding carboxylic acids is 1. The Bertz CT molecular complexity index is 1330. The highest BCUT2D eigenvalue weighted by Gasteiger charge is 2.35. The van der Waals surface area contributed by atoms with Crippen molar-refractivity contribution in [3.05, 3.63) is 66.3 Å². The average Bonchev–Trinajstić information content (AvgIpc) is 3.28. The summed E-state index contributed by atoms with van der Waals surface area (Å²) in [5.74, 6) is -0.333. The number of nitrogens with one attached hydrogen (secondary N) is 2. The number of amides is 1. The van der Waals surface area contributed by atoms with Crippen LogP contribution >= 0.6 is 0 Å². The summed E-state index contributed by atoms with van der Waals surface area (Å²) in [7, 11) is 3.54. The van der Waals surface area contributed by atoms with Crippen molar-refractivity contribution in [1.82, 2.24) is 25.0 Å². The second-order valence-corrected chi connectivity index (χ2v) is 9.11. The van der Waals surface area contributed by atoms with E-state index in [0.717, 1.165) is 0 Å². The predicted molar refractivity (Wildman–Crippen MR) is 136 cm³/mol. The van der Waals surface area contributed by atoms with Crippen LogP contribution in [0.25, 0.3) is 22.4 Å². The van der Waals surface area contributed by atoms with Crippen LogP contribution in [0, 0.1) is 0 Å². The molecule has 3 aromatic rings. The molecule has 2 unspecified atom stereocenters. The zero-order valence-electron chi connectivity index (χ0n) is 20.5. The number of hydrogen-bond donors (Lipinski definition) is 2. The lowest BCUT2D eigenvalue weighted by Gasteiger charge is -2.33. The molecule has 2 aromatic heterocycles. The number of rotatable bonds is 7. The Kier molecular flexibility index (Phi) is 7.63. The average molecular weight is 517 g/mol. The summed E-state index contributed by atoms with van der Waals surface area (Å²) >= 11 is 0. The Morgan fingerprint density at radius 2 is 2.05 bits per heavy atom. The number of carbonyl (C=O) groups is 1. The molecule has 0 radical (unpaired) electrons. The molecule has 0 bridgehead atoms. The van der Waals surface area contributed by atoms with E-state index in [0.29, 0.717) is 29.6 Å². The van der Waals surface area contributed by atoms with Crippen molar-refractivity contribution in [1.29, 1.82) is 0 Å². The van der Waals surface area contributed by atoms with Gasteiger partial charge in [0.25, 0.3) is 5.91 Å². The molecule has 0 saturated carbocycles. The SMILES string of the molecule is C=C(c1nc(/C=C/CNC(=O)c2cnn(C)c2)cc2c(NC3CCN(C)CC3F)cccc12)C(F)(F)F. The summed E-state index contributed by atoms with van der Waals surface area (Å²) in [6, 6.07) is 6.06. The molecule has 1 aliphatic rings. The number of likely N-dealkylation sites (tertiary alicyclic amines) is 1. The summed E-state index contributed by atoms with van der Waals surface area (Å²) in [5.41, 5.74) is -0.213. The Morgan fingerprint density at radius 1 is 1.27 bits per heavy atom. The van der Waals surface area contributed by atoms with E-state index in [2.05, 4.69) is 27.3 Å². The van der Waals surface area contributed by atoms with Crippen molar-refractivity contribution >= 4 is 34.0 Å². The highest BCUT2D eigenvalue weighted by molar-refractivity contribution is 6.01. The fraction of sp³-hybridized carbons (Fsp3) is 0.346. The highest BCUT2D eigenvalue weighted by Crippen LogP contribution is 2.37. The fourth-order valence-electron chi connectivity index (χ4n) is 4.26. The number of halogens is 4. The van der Waals surface area contributed by atoms with Crippen molar-refractivity contribution in [2.75, 3.05) is 32.0 Å². The number of pyridine rings is 1. The van der Waals surface area contributed by atoms with Crippen LogP contribution in [0.4, 0.5) is 23.2 Å². The van der Waals surface area contributed by atoms with E-state index < -0.39 is 24.0 Å². The lowest BCUT2D eigenvalue weighted by Crippen LogP contribution is -2.46. The summed E-state index contributed by atoms with van der Waals surface area (Å²) < 4.78 is 57.1. The maximum Gasteiger partial charge on any atom is 0.417 e. The number of allylic oxidation sites excluding steroid dienone is 1. The summed E-state index contributed by atoms with van der Waals surface area (Å²) in [5, 5.41) is 10.6. The number of anilines is 1. The number of aryl methyl sites for hydroxylation is 1. The number of benzene rings is 1. The third-order valence-corrected chi connectivity index (χ3v) is 6.24. The number of hydrogen-bond acceptors (Lipinski definition) is 5. The van der Waals surface area contributed by atoms with E-state index in [-0.39, 0.29) is 35.8 Å². The maximum atomic E-state index is 14.7. The van der Waals surface area contributed by atoms with Gasteiger partial charge in [-0.15, -0.1) is 0 Å². The Hall–Kier alpha value is -3.73. The molecule has 1 saturated heterocycles. The second-order valence-electron chi connectivity index (χ2n) is 9.11. The van der Waals surface area contributed by atoms with E-state index >= 15 is 0 Å². The van der Waals surface area contributed by atoms with E-state index in [1.165, 1.54) is 17.0 Å². The molecule has 11 heteroatoms. The Morgan fingerprint density at radius 3 is 2.73 bits per heavy atom.